The number of nitrogens with zero attached hydrogens (tertiary/aromatic N) is 1. The van der Waals surface area contributed by atoms with Crippen LogP contribution in [0.3, 0.4) is 0 Å². The molecule has 7 nitrogen and oxygen atoms in total. The Labute approximate surface area is 152 Å². The number of halogens is 1. The molecule has 1 aromatic carbocycles. The number of imide groups is 1. The lowest BCUT2D eigenvalue weighted by molar-refractivity contribution is -0.139. The number of hydrogen-bond acceptors (Lipinski definition) is 5. The van der Waals surface area contributed by atoms with Crippen molar-refractivity contribution in [1.82, 2.24) is 10.2 Å². The summed E-state index contributed by atoms with van der Waals surface area (Å²) in [5.74, 6) is -0.324. The molecule has 8 heteroatoms. The van der Waals surface area contributed by atoms with Gasteiger partial charge in [0.15, 0.2) is 0 Å². The number of benzene rings is 1. The predicted octanol–water partition coefficient (Wildman–Crippen LogP) is 1.07. The maximum Gasteiger partial charge on any atom is 0.229 e. The molecule has 0 radical (unpaired) electrons. The first-order chi connectivity index (χ1) is 11.6. The van der Waals surface area contributed by atoms with Gasteiger partial charge < -0.3 is 15.4 Å². The van der Waals surface area contributed by atoms with Gasteiger partial charge in [-0.25, -0.2) is 0 Å². The van der Waals surface area contributed by atoms with E-state index in [9.17, 15) is 14.4 Å². The average Bonchev–Trinajstić information content (AvgIpc) is 2.89. The van der Waals surface area contributed by atoms with Gasteiger partial charge >= 0.3 is 0 Å². The number of rotatable bonds is 5. The quantitative estimate of drug-likeness (QED) is 0.760. The van der Waals surface area contributed by atoms with Crippen molar-refractivity contribution in [2.75, 3.05) is 25.1 Å². The summed E-state index contributed by atoms with van der Waals surface area (Å²) < 4.78 is 5.33. The first-order valence-electron chi connectivity index (χ1n) is 8.15. The molecular weight excluding hydrogens is 346 g/mol. The van der Waals surface area contributed by atoms with Crippen LogP contribution in [0, 0.1) is 0 Å². The second-order valence-corrected chi connectivity index (χ2v) is 6.05. The number of likely N-dealkylation sites (tertiary alicyclic amines) is 1. The molecule has 0 spiro atoms. The van der Waals surface area contributed by atoms with Crippen molar-refractivity contribution in [3.8, 4) is 0 Å². The molecule has 3 amide bonds. The number of hydrogen-bond donors (Lipinski definition) is 2. The van der Waals surface area contributed by atoms with Crippen LogP contribution in [-0.2, 0) is 25.7 Å². The smallest absolute Gasteiger partial charge is 0.229 e. The van der Waals surface area contributed by atoms with Crippen LogP contribution >= 0.6 is 12.4 Å². The van der Waals surface area contributed by atoms with Gasteiger partial charge in [-0.15, -0.1) is 12.4 Å². The van der Waals surface area contributed by atoms with E-state index in [0.29, 0.717) is 38.2 Å². The Bertz CT molecular complexity index is 613. The van der Waals surface area contributed by atoms with Crippen LogP contribution in [-0.4, -0.2) is 48.4 Å². The maximum atomic E-state index is 12.0. The molecule has 1 aromatic rings. The summed E-state index contributed by atoms with van der Waals surface area (Å²) in [7, 11) is 0. The third kappa shape index (κ3) is 5.26. The van der Waals surface area contributed by atoms with E-state index < -0.39 is 0 Å². The normalized spacial score (nSPS) is 20.3. The molecule has 0 saturated carbocycles. The van der Waals surface area contributed by atoms with Crippen LogP contribution < -0.4 is 10.6 Å². The van der Waals surface area contributed by atoms with Crippen LogP contribution in [0.5, 0.6) is 0 Å². The van der Waals surface area contributed by atoms with Crippen molar-refractivity contribution in [2.24, 2.45) is 0 Å². The summed E-state index contributed by atoms with van der Waals surface area (Å²) in [5.41, 5.74) is 1.55. The fourth-order valence-corrected chi connectivity index (χ4v) is 2.86. The minimum Gasteiger partial charge on any atom is -0.378 e. The lowest BCUT2D eigenvalue weighted by atomic mass is 10.1. The topological polar surface area (TPSA) is 87.7 Å². The summed E-state index contributed by atoms with van der Waals surface area (Å²) >= 11 is 0. The van der Waals surface area contributed by atoms with Crippen LogP contribution in [0.2, 0.25) is 0 Å². The van der Waals surface area contributed by atoms with Gasteiger partial charge in [-0.05, 0) is 17.7 Å². The van der Waals surface area contributed by atoms with Gasteiger partial charge in [-0.2, -0.15) is 0 Å². The van der Waals surface area contributed by atoms with Gasteiger partial charge in [0.1, 0.15) is 0 Å². The van der Waals surface area contributed by atoms with E-state index >= 15 is 0 Å². The molecule has 136 valence electrons. The Hall–Kier alpha value is -1.96. The molecule has 2 fully saturated rings. The second kappa shape index (κ2) is 8.94. The summed E-state index contributed by atoms with van der Waals surface area (Å²) in [6, 6.07) is 7.24. The first-order valence-corrected chi connectivity index (χ1v) is 8.15. The zero-order valence-corrected chi connectivity index (χ0v) is 14.6. The van der Waals surface area contributed by atoms with Crippen LogP contribution in [0.4, 0.5) is 5.69 Å². The third-order valence-electron chi connectivity index (χ3n) is 4.16. The van der Waals surface area contributed by atoms with E-state index in [-0.39, 0.29) is 42.7 Å². The van der Waals surface area contributed by atoms with Gasteiger partial charge in [-0.3, -0.25) is 19.3 Å². The maximum absolute atomic E-state index is 12.0. The lowest BCUT2D eigenvalue weighted by Crippen LogP contribution is -2.43. The standard InChI is InChI=1S/C17H21N3O4.ClH/c21-15(9-14-11-24-8-7-18-14)19-13-3-1-12(2-4-13)10-20-16(22)5-6-17(20)23;/h1-4,14,18H,5-11H2,(H,19,21);1H. The largest absolute Gasteiger partial charge is 0.378 e. The molecule has 1 unspecified atom stereocenters. The third-order valence-corrected chi connectivity index (χ3v) is 4.16. The Balaban J connectivity index is 0.00000225. The lowest BCUT2D eigenvalue weighted by Gasteiger charge is -2.23. The molecule has 0 bridgehead atoms. The van der Waals surface area contributed by atoms with E-state index in [1.54, 1.807) is 12.1 Å². The van der Waals surface area contributed by atoms with Crippen molar-refractivity contribution in [3.63, 3.8) is 0 Å². The molecule has 2 heterocycles. The minimum atomic E-state index is -0.125. The van der Waals surface area contributed by atoms with Gasteiger partial charge in [-0.1, -0.05) is 12.1 Å². The Morgan fingerprint density at radius 3 is 2.48 bits per heavy atom. The zero-order chi connectivity index (χ0) is 16.9. The van der Waals surface area contributed by atoms with Crippen molar-refractivity contribution in [3.05, 3.63) is 29.8 Å². The Morgan fingerprint density at radius 1 is 1.20 bits per heavy atom. The SMILES string of the molecule is Cl.O=C(CC1COCCN1)Nc1ccc(CN2C(=O)CCC2=O)cc1. The molecule has 25 heavy (non-hydrogen) atoms. The number of amides is 3. The number of carbonyl (C=O) groups is 3. The van der Waals surface area contributed by atoms with Crippen molar-refractivity contribution in [2.45, 2.75) is 31.8 Å². The number of morpholine rings is 1. The predicted molar refractivity (Wildman–Crippen MR) is 94.3 cm³/mol. The van der Waals surface area contributed by atoms with Gasteiger partial charge in [0, 0.05) is 37.5 Å². The number of anilines is 1. The monoisotopic (exact) mass is 367 g/mol. The number of carbonyl (C=O) groups excluding carboxylic acids is 3. The van der Waals surface area contributed by atoms with Crippen molar-refractivity contribution in [1.29, 1.82) is 0 Å². The molecule has 2 aliphatic heterocycles. The minimum absolute atomic E-state index is 0. The fourth-order valence-electron chi connectivity index (χ4n) is 2.86. The summed E-state index contributed by atoms with van der Waals surface area (Å²) in [6.45, 7) is 2.28. The van der Waals surface area contributed by atoms with E-state index in [2.05, 4.69) is 10.6 Å². The van der Waals surface area contributed by atoms with Gasteiger partial charge in [0.2, 0.25) is 17.7 Å². The van der Waals surface area contributed by atoms with Gasteiger partial charge in [0.25, 0.3) is 0 Å². The highest BCUT2D eigenvalue weighted by atomic mass is 35.5. The number of nitrogens with one attached hydrogen (secondary N) is 2. The van der Waals surface area contributed by atoms with E-state index in [1.807, 2.05) is 12.1 Å². The van der Waals surface area contributed by atoms with Gasteiger partial charge in [0.05, 0.1) is 19.8 Å². The number of ether oxygens (including phenoxy) is 1. The average molecular weight is 368 g/mol. The summed E-state index contributed by atoms with van der Waals surface area (Å²) in [5, 5.41) is 6.08. The molecule has 2 aliphatic rings. The van der Waals surface area contributed by atoms with E-state index in [1.165, 1.54) is 4.90 Å². The summed E-state index contributed by atoms with van der Waals surface area (Å²) in [6.07, 6.45) is 0.955. The van der Waals surface area contributed by atoms with Crippen LogP contribution in [0.1, 0.15) is 24.8 Å². The zero-order valence-electron chi connectivity index (χ0n) is 13.8. The fraction of sp³-hybridized carbons (Fsp3) is 0.471. The highest BCUT2D eigenvalue weighted by Crippen LogP contribution is 2.17. The molecule has 3 rings (SSSR count). The van der Waals surface area contributed by atoms with Crippen molar-refractivity contribution < 1.29 is 19.1 Å². The molecule has 2 N–H and O–H groups in total. The molecule has 0 aliphatic carbocycles. The second-order valence-electron chi connectivity index (χ2n) is 6.05. The van der Waals surface area contributed by atoms with Crippen molar-refractivity contribution >= 4 is 35.8 Å². The van der Waals surface area contributed by atoms with Crippen LogP contribution in [0.25, 0.3) is 0 Å². The Kier molecular flexibility index (Phi) is 6.92. The highest BCUT2D eigenvalue weighted by Gasteiger charge is 2.28. The molecule has 1 atom stereocenters. The Morgan fingerprint density at radius 2 is 1.88 bits per heavy atom. The molecule has 0 aromatic heterocycles. The van der Waals surface area contributed by atoms with E-state index in [4.69, 9.17) is 4.74 Å². The molecule has 2 saturated heterocycles. The first kappa shape index (κ1) is 19.4. The summed E-state index contributed by atoms with van der Waals surface area (Å²) in [4.78, 5) is 36.6. The van der Waals surface area contributed by atoms with E-state index in [0.717, 1.165) is 12.1 Å². The van der Waals surface area contributed by atoms with Crippen LogP contribution in [0.15, 0.2) is 24.3 Å². The molecular formula is C17H22ClN3O4. The highest BCUT2D eigenvalue weighted by molar-refractivity contribution is 6.01.